The fourth-order valence-electron chi connectivity index (χ4n) is 3.15. The summed E-state index contributed by atoms with van der Waals surface area (Å²) >= 11 is 5.62. The van der Waals surface area contributed by atoms with Crippen LogP contribution in [0.5, 0.6) is 0 Å². The van der Waals surface area contributed by atoms with Gasteiger partial charge in [0.1, 0.15) is 0 Å². The minimum Gasteiger partial charge on any atom is -0.462 e. The molecule has 0 aromatic heterocycles. The fraction of sp³-hybridized carbons (Fsp3) is 0.200. The van der Waals surface area contributed by atoms with Crippen LogP contribution in [0.25, 0.3) is 0 Å². The second-order valence-corrected chi connectivity index (χ2v) is 7.51. The van der Waals surface area contributed by atoms with Crippen LogP contribution in [-0.2, 0) is 4.74 Å². The molecule has 154 valence electrons. The Bertz CT molecular complexity index is 1020. The van der Waals surface area contributed by atoms with Crippen molar-refractivity contribution in [1.82, 2.24) is 5.32 Å². The van der Waals surface area contributed by atoms with Crippen LogP contribution in [0.1, 0.15) is 45.6 Å². The molecule has 0 amide bonds. The number of benzene rings is 3. The average Bonchev–Trinajstić information content (AvgIpc) is 2.75. The van der Waals surface area contributed by atoms with Gasteiger partial charge in [-0.15, -0.1) is 0 Å². The number of carbonyl (C=O) groups is 1. The molecule has 0 aliphatic carbocycles. The Hall–Kier alpha value is -3.18. The van der Waals surface area contributed by atoms with E-state index >= 15 is 0 Å². The highest BCUT2D eigenvalue weighted by atomic mass is 32.1. The third kappa shape index (κ3) is 5.45. The van der Waals surface area contributed by atoms with Gasteiger partial charge in [0.05, 0.1) is 18.2 Å². The Kier molecular flexibility index (Phi) is 7.20. The molecule has 0 bridgehead atoms. The molecule has 0 heterocycles. The number of rotatable bonds is 6. The van der Waals surface area contributed by atoms with Gasteiger partial charge in [0.25, 0.3) is 0 Å². The molecule has 1 atom stereocenters. The molecule has 0 saturated heterocycles. The van der Waals surface area contributed by atoms with Crippen LogP contribution in [0, 0.1) is 13.8 Å². The van der Waals surface area contributed by atoms with Gasteiger partial charge in [-0.25, -0.2) is 4.79 Å². The lowest BCUT2D eigenvalue weighted by Gasteiger charge is -2.23. The van der Waals surface area contributed by atoms with Gasteiger partial charge >= 0.3 is 5.97 Å². The van der Waals surface area contributed by atoms with Crippen molar-refractivity contribution >= 4 is 29.0 Å². The first-order chi connectivity index (χ1) is 14.5. The molecule has 3 aromatic rings. The predicted molar refractivity (Wildman–Crippen MR) is 126 cm³/mol. The summed E-state index contributed by atoms with van der Waals surface area (Å²) in [6.07, 6.45) is 0. The third-order valence-electron chi connectivity index (χ3n) is 4.82. The molecule has 4 nitrogen and oxygen atoms in total. The van der Waals surface area contributed by atoms with Crippen LogP contribution >= 0.6 is 12.2 Å². The summed E-state index contributed by atoms with van der Waals surface area (Å²) < 4.78 is 5.10. The summed E-state index contributed by atoms with van der Waals surface area (Å²) in [5, 5.41) is 7.14. The Labute approximate surface area is 183 Å². The van der Waals surface area contributed by atoms with Gasteiger partial charge < -0.3 is 15.4 Å². The topological polar surface area (TPSA) is 50.4 Å². The van der Waals surface area contributed by atoms with Crippen molar-refractivity contribution in [3.8, 4) is 0 Å². The molecule has 0 radical (unpaired) electrons. The lowest BCUT2D eigenvalue weighted by molar-refractivity contribution is 0.0526. The van der Waals surface area contributed by atoms with Crippen molar-refractivity contribution in [1.29, 1.82) is 0 Å². The van der Waals surface area contributed by atoms with E-state index in [4.69, 9.17) is 17.0 Å². The summed E-state index contributed by atoms with van der Waals surface area (Å²) in [4.78, 5) is 12.1. The highest BCUT2D eigenvalue weighted by Crippen LogP contribution is 2.23. The maximum absolute atomic E-state index is 12.1. The number of nitrogens with one attached hydrogen (secondary N) is 2. The molecular weight excluding hydrogens is 392 g/mol. The summed E-state index contributed by atoms with van der Waals surface area (Å²) in [6, 6.07) is 23.9. The van der Waals surface area contributed by atoms with Crippen molar-refractivity contribution in [3.05, 3.63) is 101 Å². The van der Waals surface area contributed by atoms with Crippen LogP contribution in [0.3, 0.4) is 0 Å². The Morgan fingerprint density at radius 2 is 1.63 bits per heavy atom. The zero-order chi connectivity index (χ0) is 21.5. The number of esters is 1. The van der Waals surface area contributed by atoms with Crippen LogP contribution in [-0.4, -0.2) is 17.7 Å². The summed E-state index contributed by atoms with van der Waals surface area (Å²) in [5.74, 6) is -0.346. The van der Waals surface area contributed by atoms with Crippen LogP contribution < -0.4 is 10.6 Å². The highest BCUT2D eigenvalue weighted by Gasteiger charge is 2.16. The molecule has 2 N–H and O–H groups in total. The monoisotopic (exact) mass is 418 g/mol. The van der Waals surface area contributed by atoms with E-state index in [-0.39, 0.29) is 12.0 Å². The van der Waals surface area contributed by atoms with E-state index < -0.39 is 0 Å². The van der Waals surface area contributed by atoms with E-state index in [2.05, 4.69) is 54.0 Å². The maximum Gasteiger partial charge on any atom is 0.338 e. The second-order valence-electron chi connectivity index (χ2n) is 7.10. The molecule has 0 aliphatic heterocycles. The number of thiocarbonyl (C=S) groups is 1. The van der Waals surface area contributed by atoms with Gasteiger partial charge in [-0.3, -0.25) is 0 Å². The molecule has 3 aromatic carbocycles. The van der Waals surface area contributed by atoms with Gasteiger partial charge in [0.15, 0.2) is 5.11 Å². The molecule has 3 rings (SSSR count). The third-order valence-corrected chi connectivity index (χ3v) is 5.04. The SMILES string of the molecule is CCOC(=O)c1ccc(C)c(NC(=S)N[C@H](c2ccccc2)c2ccc(C)cc2)c1. The second kappa shape index (κ2) is 10.0. The molecule has 0 spiro atoms. The van der Waals surface area contributed by atoms with Gasteiger partial charge in [-0.2, -0.15) is 0 Å². The number of anilines is 1. The van der Waals surface area contributed by atoms with Crippen molar-refractivity contribution in [2.75, 3.05) is 11.9 Å². The van der Waals surface area contributed by atoms with Crippen molar-refractivity contribution < 1.29 is 9.53 Å². The molecule has 5 heteroatoms. The van der Waals surface area contributed by atoms with Crippen molar-refractivity contribution in [2.45, 2.75) is 26.8 Å². The smallest absolute Gasteiger partial charge is 0.338 e. The summed E-state index contributed by atoms with van der Waals surface area (Å²) in [7, 11) is 0. The van der Waals surface area contributed by atoms with E-state index in [0.29, 0.717) is 17.3 Å². The van der Waals surface area contributed by atoms with Crippen LogP contribution in [0.4, 0.5) is 5.69 Å². The van der Waals surface area contributed by atoms with Crippen LogP contribution in [0.15, 0.2) is 72.8 Å². The standard InChI is InChI=1S/C25H26N2O2S/c1-4-29-24(28)21-15-12-18(3)22(16-21)26-25(30)27-23(19-8-6-5-7-9-19)20-13-10-17(2)11-14-20/h5-16,23H,4H2,1-3H3,(H2,26,27,30)/t23-/m1/s1. The van der Waals surface area contributed by atoms with E-state index in [9.17, 15) is 4.79 Å². The number of ether oxygens (including phenoxy) is 1. The van der Waals surface area contributed by atoms with Gasteiger partial charge in [0, 0.05) is 5.69 Å². The van der Waals surface area contributed by atoms with Gasteiger partial charge in [0.2, 0.25) is 0 Å². The predicted octanol–water partition coefficient (Wildman–Crippen LogP) is 5.56. The molecule has 30 heavy (non-hydrogen) atoms. The van der Waals surface area contributed by atoms with E-state index in [1.165, 1.54) is 5.56 Å². The molecule has 0 fully saturated rings. The normalized spacial score (nSPS) is 11.4. The number of hydrogen-bond donors (Lipinski definition) is 2. The minimum atomic E-state index is -0.346. The van der Waals surface area contributed by atoms with Crippen LogP contribution in [0.2, 0.25) is 0 Å². The quantitative estimate of drug-likeness (QED) is 0.406. The van der Waals surface area contributed by atoms with E-state index in [0.717, 1.165) is 22.4 Å². The Balaban J connectivity index is 1.82. The van der Waals surface area contributed by atoms with E-state index in [1.54, 1.807) is 19.1 Å². The number of carbonyl (C=O) groups excluding carboxylic acids is 1. The minimum absolute atomic E-state index is 0.0969. The zero-order valence-electron chi connectivity index (χ0n) is 17.4. The zero-order valence-corrected chi connectivity index (χ0v) is 18.3. The molecule has 0 aliphatic rings. The van der Waals surface area contributed by atoms with Gasteiger partial charge in [-0.05, 0) is 61.8 Å². The number of hydrogen-bond acceptors (Lipinski definition) is 3. The highest BCUT2D eigenvalue weighted by molar-refractivity contribution is 7.80. The molecule has 0 unspecified atom stereocenters. The molecular formula is C25H26N2O2S. The van der Waals surface area contributed by atoms with Crippen molar-refractivity contribution in [2.24, 2.45) is 0 Å². The van der Waals surface area contributed by atoms with E-state index in [1.807, 2.05) is 31.2 Å². The fourth-order valence-corrected chi connectivity index (χ4v) is 3.38. The summed E-state index contributed by atoms with van der Waals surface area (Å²) in [5.41, 5.74) is 5.69. The molecule has 0 saturated carbocycles. The average molecular weight is 419 g/mol. The largest absolute Gasteiger partial charge is 0.462 e. The van der Waals surface area contributed by atoms with Gasteiger partial charge in [-0.1, -0.05) is 66.2 Å². The first-order valence-corrected chi connectivity index (χ1v) is 10.4. The lowest BCUT2D eigenvalue weighted by Crippen LogP contribution is -2.33. The Morgan fingerprint density at radius 1 is 0.967 bits per heavy atom. The Morgan fingerprint density at radius 3 is 2.30 bits per heavy atom. The number of aryl methyl sites for hydroxylation is 2. The van der Waals surface area contributed by atoms with Crippen molar-refractivity contribution in [3.63, 3.8) is 0 Å². The lowest BCUT2D eigenvalue weighted by atomic mass is 9.98. The maximum atomic E-state index is 12.1. The first-order valence-electron chi connectivity index (χ1n) is 9.94. The summed E-state index contributed by atoms with van der Waals surface area (Å²) in [6.45, 7) is 6.17. The first kappa shape index (κ1) is 21.5.